The number of aromatic nitrogens is 3. The van der Waals surface area contributed by atoms with Crippen LogP contribution in [0.25, 0.3) is 16.7 Å². The van der Waals surface area contributed by atoms with Crippen molar-refractivity contribution in [1.82, 2.24) is 13.7 Å². The summed E-state index contributed by atoms with van der Waals surface area (Å²) in [5, 5.41) is -0.248. The van der Waals surface area contributed by atoms with E-state index in [9.17, 15) is 19.2 Å². The van der Waals surface area contributed by atoms with Gasteiger partial charge in [-0.15, -0.1) is 0 Å². The van der Waals surface area contributed by atoms with Crippen LogP contribution in [0.3, 0.4) is 0 Å². The molecule has 3 rings (SSSR count). The van der Waals surface area contributed by atoms with Gasteiger partial charge >= 0.3 is 5.69 Å². The Kier molecular flexibility index (Phi) is 4.97. The molecule has 4 N–H and O–H groups in total. The highest BCUT2D eigenvalue weighted by atomic mass is 35.5. The van der Waals surface area contributed by atoms with Crippen molar-refractivity contribution in [3.05, 3.63) is 72.1 Å². The van der Waals surface area contributed by atoms with Gasteiger partial charge in [0.1, 0.15) is 11.0 Å². The number of hydrogen-bond acceptors (Lipinski definition) is 5. The molecule has 1 unspecified atom stereocenters. The minimum Gasteiger partial charge on any atom is -0.370 e. The summed E-state index contributed by atoms with van der Waals surface area (Å²) >= 11 is 6.41. The molecule has 0 radical (unpaired) electrons. The molecule has 2 heterocycles. The number of nitrogens with zero attached hydrogens (tertiary/aromatic N) is 3. The average Bonchev–Trinajstić information content (AvgIpc) is 2.64. The molecule has 1 atom stereocenters. The first-order valence-electron chi connectivity index (χ1n) is 8.30. The van der Waals surface area contributed by atoms with E-state index in [2.05, 4.69) is 0 Å². The molecule has 0 saturated carbocycles. The molecule has 0 fully saturated rings. The second-order valence-electron chi connectivity index (χ2n) is 6.39. The van der Waals surface area contributed by atoms with E-state index in [0.29, 0.717) is 5.69 Å². The average molecular weight is 404 g/mol. The minimum atomic E-state index is -1.11. The van der Waals surface area contributed by atoms with Crippen molar-refractivity contribution in [1.29, 1.82) is 0 Å². The Bertz CT molecular complexity index is 1270. The number of rotatable bonds is 4. The highest BCUT2D eigenvalue weighted by Gasteiger charge is 2.26. The largest absolute Gasteiger partial charge is 0.370 e. The van der Waals surface area contributed by atoms with E-state index in [1.54, 1.807) is 30.3 Å². The van der Waals surface area contributed by atoms with E-state index in [4.69, 9.17) is 23.1 Å². The maximum absolute atomic E-state index is 13.3. The van der Waals surface area contributed by atoms with Gasteiger partial charge in [0.25, 0.3) is 11.1 Å². The summed E-state index contributed by atoms with van der Waals surface area (Å²) in [6.07, 6.45) is -0.332. The zero-order valence-electron chi connectivity index (χ0n) is 15.2. The van der Waals surface area contributed by atoms with E-state index < -0.39 is 28.8 Å². The van der Waals surface area contributed by atoms with Crippen molar-refractivity contribution < 1.29 is 4.79 Å². The number of pyridine rings is 1. The number of carbonyl (C=O) groups excluding carboxylic acids is 1. The van der Waals surface area contributed by atoms with Crippen LogP contribution in [0, 0.1) is 0 Å². The molecule has 1 aromatic carbocycles. The Balaban J connectivity index is 2.63. The maximum Gasteiger partial charge on any atom is 0.332 e. The molecule has 2 aromatic heterocycles. The lowest BCUT2D eigenvalue weighted by Crippen LogP contribution is -2.41. The van der Waals surface area contributed by atoms with E-state index in [-0.39, 0.29) is 28.0 Å². The van der Waals surface area contributed by atoms with Crippen molar-refractivity contribution in [2.24, 2.45) is 25.6 Å². The third-order valence-electron chi connectivity index (χ3n) is 4.54. The number of carbonyl (C=O) groups is 1. The Morgan fingerprint density at radius 3 is 2.25 bits per heavy atom. The molecule has 0 aliphatic heterocycles. The first-order chi connectivity index (χ1) is 13.2. The SMILES string of the molecule is Cn1c(=O)c2c(Cl)c(C(N)CC(N)=O)c(=O)n(-c3ccccc3)c2n(C)c1=O. The van der Waals surface area contributed by atoms with Gasteiger partial charge in [-0.3, -0.25) is 28.1 Å². The fraction of sp³-hybridized carbons (Fsp3) is 0.222. The summed E-state index contributed by atoms with van der Waals surface area (Å²) in [4.78, 5) is 49.9. The molecular formula is C18H18ClN5O4. The van der Waals surface area contributed by atoms with Crippen LogP contribution < -0.4 is 28.3 Å². The zero-order valence-corrected chi connectivity index (χ0v) is 15.9. The van der Waals surface area contributed by atoms with Crippen molar-refractivity contribution in [3.63, 3.8) is 0 Å². The van der Waals surface area contributed by atoms with Gasteiger partial charge in [0.15, 0.2) is 0 Å². The first-order valence-corrected chi connectivity index (χ1v) is 8.68. The molecular weight excluding hydrogens is 386 g/mol. The smallest absolute Gasteiger partial charge is 0.332 e. The van der Waals surface area contributed by atoms with Gasteiger partial charge < -0.3 is 11.5 Å². The third-order valence-corrected chi connectivity index (χ3v) is 4.93. The van der Waals surface area contributed by atoms with Crippen LogP contribution >= 0.6 is 11.6 Å². The van der Waals surface area contributed by atoms with E-state index in [1.807, 2.05) is 0 Å². The molecule has 1 amide bonds. The van der Waals surface area contributed by atoms with Crippen molar-refractivity contribution in [2.45, 2.75) is 12.5 Å². The van der Waals surface area contributed by atoms with Gasteiger partial charge in [-0.1, -0.05) is 29.8 Å². The Morgan fingerprint density at radius 2 is 1.68 bits per heavy atom. The van der Waals surface area contributed by atoms with Crippen LogP contribution in [0.15, 0.2) is 44.7 Å². The summed E-state index contributed by atoms with van der Waals surface area (Å²) < 4.78 is 3.25. The fourth-order valence-electron chi connectivity index (χ4n) is 3.19. The number of para-hydroxylation sites is 1. The predicted octanol–water partition coefficient (Wildman–Crippen LogP) is -0.0833. The van der Waals surface area contributed by atoms with Gasteiger partial charge in [0.05, 0.1) is 16.3 Å². The summed E-state index contributed by atoms with van der Waals surface area (Å²) in [7, 11) is 2.74. The molecule has 28 heavy (non-hydrogen) atoms. The monoisotopic (exact) mass is 403 g/mol. The van der Waals surface area contributed by atoms with Gasteiger partial charge in [-0.2, -0.15) is 0 Å². The minimum absolute atomic E-state index is 0.0318. The topological polar surface area (TPSA) is 135 Å². The summed E-state index contributed by atoms with van der Waals surface area (Å²) in [5.74, 6) is -0.720. The van der Waals surface area contributed by atoms with Crippen LogP contribution in [0.5, 0.6) is 0 Å². The molecule has 146 valence electrons. The van der Waals surface area contributed by atoms with E-state index in [1.165, 1.54) is 23.2 Å². The molecule has 0 saturated heterocycles. The molecule has 0 bridgehead atoms. The second kappa shape index (κ2) is 7.10. The standard InChI is InChI=1S/C18H18ClN5O4/c1-22-15-13(16(26)23(2)18(22)28)14(19)12(10(20)8-11(21)25)17(27)24(15)9-6-4-3-5-7-9/h3-7,10H,8,20H2,1-2H3,(H2,21,25). The maximum atomic E-state index is 13.3. The Morgan fingerprint density at radius 1 is 1.07 bits per heavy atom. The molecule has 0 spiro atoms. The number of hydrogen-bond donors (Lipinski definition) is 2. The number of nitrogens with two attached hydrogens (primary N) is 2. The van der Waals surface area contributed by atoms with Crippen LogP contribution in [0.2, 0.25) is 5.02 Å². The third kappa shape index (κ3) is 2.94. The number of primary amides is 1. The fourth-order valence-corrected chi connectivity index (χ4v) is 3.58. The number of amides is 1. The molecule has 9 nitrogen and oxygen atoms in total. The summed E-state index contributed by atoms with van der Waals surface area (Å²) in [6.45, 7) is 0. The number of halogens is 1. The van der Waals surface area contributed by atoms with Gasteiger partial charge in [0.2, 0.25) is 5.91 Å². The normalized spacial score (nSPS) is 12.3. The number of benzene rings is 1. The lowest BCUT2D eigenvalue weighted by molar-refractivity contribution is -0.118. The number of fused-ring (bicyclic) bond motifs is 1. The van der Waals surface area contributed by atoms with Crippen molar-refractivity contribution in [2.75, 3.05) is 0 Å². The molecule has 3 aromatic rings. The van der Waals surface area contributed by atoms with Crippen LogP contribution in [-0.4, -0.2) is 19.6 Å². The highest BCUT2D eigenvalue weighted by molar-refractivity contribution is 6.36. The van der Waals surface area contributed by atoms with Crippen LogP contribution in [-0.2, 0) is 18.9 Å². The van der Waals surface area contributed by atoms with Crippen molar-refractivity contribution >= 4 is 28.5 Å². The lowest BCUT2D eigenvalue weighted by atomic mass is 10.0. The molecule has 0 aliphatic rings. The van der Waals surface area contributed by atoms with E-state index >= 15 is 0 Å². The summed E-state index contributed by atoms with van der Waals surface area (Å²) in [5.41, 5.74) is 9.61. The predicted molar refractivity (Wildman–Crippen MR) is 106 cm³/mol. The van der Waals surface area contributed by atoms with E-state index in [0.717, 1.165) is 4.57 Å². The van der Waals surface area contributed by atoms with Gasteiger partial charge in [-0.25, -0.2) is 4.79 Å². The number of aryl methyl sites for hydroxylation is 1. The van der Waals surface area contributed by atoms with Crippen LogP contribution in [0.1, 0.15) is 18.0 Å². The lowest BCUT2D eigenvalue weighted by Gasteiger charge is -2.20. The van der Waals surface area contributed by atoms with Crippen LogP contribution in [0.4, 0.5) is 0 Å². The zero-order chi connectivity index (χ0) is 20.7. The molecule has 0 aliphatic carbocycles. The Labute approximate surface area is 163 Å². The second-order valence-corrected chi connectivity index (χ2v) is 6.76. The Hall–Kier alpha value is -3.17. The van der Waals surface area contributed by atoms with Gasteiger partial charge in [0, 0.05) is 26.6 Å². The highest BCUT2D eigenvalue weighted by Crippen LogP contribution is 2.27. The summed E-state index contributed by atoms with van der Waals surface area (Å²) in [6, 6.07) is 7.32. The van der Waals surface area contributed by atoms with Crippen molar-refractivity contribution in [3.8, 4) is 5.69 Å². The quantitative estimate of drug-likeness (QED) is 0.628. The first kappa shape index (κ1) is 19.6. The molecule has 10 heteroatoms. The van der Waals surface area contributed by atoms with Gasteiger partial charge in [-0.05, 0) is 12.1 Å².